The van der Waals surface area contributed by atoms with Gasteiger partial charge in [-0.1, -0.05) is 13.8 Å². The van der Waals surface area contributed by atoms with E-state index in [0.29, 0.717) is 6.04 Å². The summed E-state index contributed by atoms with van der Waals surface area (Å²) >= 11 is 0. The molecule has 1 aromatic rings. The van der Waals surface area contributed by atoms with Crippen molar-refractivity contribution in [3.63, 3.8) is 0 Å². The zero-order valence-electron chi connectivity index (χ0n) is 12.9. The average Bonchev–Trinajstić information content (AvgIpc) is 2.46. The molecule has 0 radical (unpaired) electrons. The molecule has 1 aromatic carbocycles. The third kappa shape index (κ3) is 4.41. The van der Waals surface area contributed by atoms with E-state index in [2.05, 4.69) is 48.3 Å². The van der Waals surface area contributed by atoms with Gasteiger partial charge < -0.3 is 15.0 Å². The monoisotopic (exact) mass is 276 g/mol. The van der Waals surface area contributed by atoms with Crippen molar-refractivity contribution < 1.29 is 4.74 Å². The van der Waals surface area contributed by atoms with Crippen molar-refractivity contribution in [3.05, 3.63) is 24.3 Å². The zero-order chi connectivity index (χ0) is 14.2. The number of ether oxygens (including phenoxy) is 1. The number of hydrogen-bond acceptors (Lipinski definition) is 3. The van der Waals surface area contributed by atoms with Crippen molar-refractivity contribution in [2.24, 2.45) is 0 Å². The topological polar surface area (TPSA) is 24.5 Å². The Labute approximate surface area is 123 Å². The van der Waals surface area contributed by atoms with Gasteiger partial charge in [-0.2, -0.15) is 0 Å². The van der Waals surface area contributed by atoms with Gasteiger partial charge in [-0.15, -0.1) is 0 Å². The number of hydrogen-bond donors (Lipinski definition) is 1. The van der Waals surface area contributed by atoms with Gasteiger partial charge in [-0.3, -0.25) is 0 Å². The summed E-state index contributed by atoms with van der Waals surface area (Å²) in [6, 6.07) is 9.26. The second-order valence-electron chi connectivity index (χ2n) is 5.53. The summed E-state index contributed by atoms with van der Waals surface area (Å²) in [6.45, 7) is 8.61. The van der Waals surface area contributed by atoms with Crippen molar-refractivity contribution in [3.8, 4) is 5.75 Å². The number of anilines is 1. The minimum atomic E-state index is 0.671. The average molecular weight is 276 g/mol. The molecule has 112 valence electrons. The first kappa shape index (κ1) is 15.2. The molecule has 2 rings (SSSR count). The quantitative estimate of drug-likeness (QED) is 0.891. The van der Waals surface area contributed by atoms with Crippen molar-refractivity contribution in [1.82, 2.24) is 5.32 Å². The highest BCUT2D eigenvalue weighted by molar-refractivity contribution is 5.49. The van der Waals surface area contributed by atoms with Crippen LogP contribution >= 0.6 is 0 Å². The van der Waals surface area contributed by atoms with Crippen molar-refractivity contribution in [1.29, 1.82) is 0 Å². The van der Waals surface area contributed by atoms with E-state index in [-0.39, 0.29) is 0 Å². The molecule has 1 fully saturated rings. The molecule has 0 bridgehead atoms. The molecule has 1 atom stereocenters. The highest BCUT2D eigenvalue weighted by Gasteiger charge is 2.13. The Morgan fingerprint density at radius 1 is 1.20 bits per heavy atom. The van der Waals surface area contributed by atoms with E-state index < -0.39 is 0 Å². The maximum absolute atomic E-state index is 5.65. The Morgan fingerprint density at radius 2 is 2.00 bits per heavy atom. The van der Waals surface area contributed by atoms with E-state index in [9.17, 15) is 0 Å². The number of benzene rings is 1. The first-order valence-electron chi connectivity index (χ1n) is 8.04. The predicted molar refractivity (Wildman–Crippen MR) is 85.8 cm³/mol. The Bertz CT molecular complexity index is 377. The Hall–Kier alpha value is -1.22. The molecule has 0 aromatic heterocycles. The molecule has 1 N–H and O–H groups in total. The van der Waals surface area contributed by atoms with Crippen molar-refractivity contribution in [2.45, 2.75) is 45.6 Å². The Balaban J connectivity index is 1.94. The highest BCUT2D eigenvalue weighted by atomic mass is 16.5. The van der Waals surface area contributed by atoms with Gasteiger partial charge >= 0.3 is 0 Å². The van der Waals surface area contributed by atoms with Gasteiger partial charge in [0.05, 0.1) is 6.61 Å². The first-order chi connectivity index (χ1) is 9.83. The molecule has 1 saturated heterocycles. The summed E-state index contributed by atoms with van der Waals surface area (Å²) < 4.78 is 5.65. The van der Waals surface area contributed by atoms with Crippen LogP contribution in [-0.4, -0.2) is 32.3 Å². The third-order valence-electron chi connectivity index (χ3n) is 3.95. The van der Waals surface area contributed by atoms with Crippen LogP contribution in [0.15, 0.2) is 24.3 Å². The van der Waals surface area contributed by atoms with Gasteiger partial charge in [-0.05, 0) is 56.5 Å². The number of nitrogens with zero attached hydrogens (tertiary/aromatic N) is 1. The molecule has 0 saturated carbocycles. The van der Waals surface area contributed by atoms with E-state index in [1.807, 2.05) is 0 Å². The van der Waals surface area contributed by atoms with Crippen molar-refractivity contribution >= 4 is 5.69 Å². The number of rotatable bonds is 5. The van der Waals surface area contributed by atoms with Crippen LogP contribution in [0.4, 0.5) is 5.69 Å². The Kier molecular flexibility index (Phi) is 6.19. The largest absolute Gasteiger partial charge is 0.494 e. The van der Waals surface area contributed by atoms with Crippen molar-refractivity contribution in [2.75, 3.05) is 31.1 Å². The van der Waals surface area contributed by atoms with Crippen LogP contribution in [0.3, 0.4) is 0 Å². The molecule has 3 nitrogen and oxygen atoms in total. The van der Waals surface area contributed by atoms with E-state index in [0.717, 1.165) is 38.4 Å². The summed E-state index contributed by atoms with van der Waals surface area (Å²) in [5.41, 5.74) is 1.32. The van der Waals surface area contributed by atoms with Gasteiger partial charge in [-0.25, -0.2) is 0 Å². The molecule has 1 heterocycles. The summed E-state index contributed by atoms with van der Waals surface area (Å²) in [5, 5.41) is 3.63. The third-order valence-corrected chi connectivity index (χ3v) is 3.95. The molecule has 3 heteroatoms. The van der Waals surface area contributed by atoms with Gasteiger partial charge in [0.25, 0.3) is 0 Å². The van der Waals surface area contributed by atoms with Crippen LogP contribution in [-0.2, 0) is 0 Å². The molecule has 1 aliphatic heterocycles. The maximum Gasteiger partial charge on any atom is 0.119 e. The van der Waals surface area contributed by atoms with Crippen LogP contribution < -0.4 is 15.0 Å². The molecule has 0 amide bonds. The highest BCUT2D eigenvalue weighted by Crippen LogP contribution is 2.21. The van der Waals surface area contributed by atoms with E-state index in [4.69, 9.17) is 4.74 Å². The summed E-state index contributed by atoms with van der Waals surface area (Å²) in [7, 11) is 0. The lowest BCUT2D eigenvalue weighted by atomic mass is 10.1. The first-order valence-corrected chi connectivity index (χ1v) is 8.04. The minimum Gasteiger partial charge on any atom is -0.494 e. The van der Waals surface area contributed by atoms with Gasteiger partial charge in [0, 0.05) is 24.8 Å². The second-order valence-corrected chi connectivity index (χ2v) is 5.53. The van der Waals surface area contributed by atoms with E-state index in [1.54, 1.807) is 0 Å². The standard InChI is InChI=1S/C17H28N2O/c1-3-14-20-17-8-6-16(7-9-17)19-12-5-11-18-15(4-2)10-13-19/h6-9,15,18H,3-5,10-14H2,1-2H3. The van der Waals surface area contributed by atoms with Gasteiger partial charge in [0.2, 0.25) is 0 Å². The molecule has 0 aliphatic carbocycles. The fourth-order valence-corrected chi connectivity index (χ4v) is 2.68. The Morgan fingerprint density at radius 3 is 2.70 bits per heavy atom. The maximum atomic E-state index is 5.65. The minimum absolute atomic E-state index is 0.671. The predicted octanol–water partition coefficient (Wildman–Crippen LogP) is 3.44. The summed E-state index contributed by atoms with van der Waals surface area (Å²) in [6.07, 6.45) is 4.71. The lowest BCUT2D eigenvalue weighted by molar-refractivity contribution is 0.317. The summed E-state index contributed by atoms with van der Waals surface area (Å²) in [5.74, 6) is 0.982. The van der Waals surface area contributed by atoms with Crippen LogP contribution in [0.5, 0.6) is 5.75 Å². The van der Waals surface area contributed by atoms with E-state index in [1.165, 1.54) is 24.9 Å². The summed E-state index contributed by atoms with van der Waals surface area (Å²) in [4.78, 5) is 2.51. The lowest BCUT2D eigenvalue weighted by Gasteiger charge is -2.30. The lowest BCUT2D eigenvalue weighted by Crippen LogP contribution is -2.39. The fourth-order valence-electron chi connectivity index (χ4n) is 2.68. The molecular weight excluding hydrogens is 248 g/mol. The SMILES string of the molecule is CCCOc1ccc(N2CCCNC(CC)CC2)cc1. The van der Waals surface area contributed by atoms with Crippen LogP contribution in [0.1, 0.15) is 39.5 Å². The second kappa shape index (κ2) is 8.15. The molecule has 1 aliphatic rings. The normalized spacial score (nSPS) is 20.3. The zero-order valence-corrected chi connectivity index (χ0v) is 12.9. The molecule has 20 heavy (non-hydrogen) atoms. The molecule has 0 spiro atoms. The van der Waals surface area contributed by atoms with Gasteiger partial charge in [0.15, 0.2) is 0 Å². The van der Waals surface area contributed by atoms with Crippen LogP contribution in [0, 0.1) is 0 Å². The van der Waals surface area contributed by atoms with E-state index >= 15 is 0 Å². The molecular formula is C17H28N2O. The smallest absolute Gasteiger partial charge is 0.119 e. The fraction of sp³-hybridized carbons (Fsp3) is 0.647. The van der Waals surface area contributed by atoms with Crippen LogP contribution in [0.25, 0.3) is 0 Å². The number of nitrogens with one attached hydrogen (secondary N) is 1. The van der Waals surface area contributed by atoms with Crippen LogP contribution in [0.2, 0.25) is 0 Å². The molecule has 1 unspecified atom stereocenters. The van der Waals surface area contributed by atoms with Gasteiger partial charge in [0.1, 0.15) is 5.75 Å².